The van der Waals surface area contributed by atoms with Crippen molar-refractivity contribution in [1.82, 2.24) is 15.1 Å². The standard InChI is InChI=1S/C20H20N4O3/c25-20(15-7-11-26-12-8-15)22-17-4-2-1-3-16(17)13-18-23-19(24-27-18)14-5-9-21-10-6-14/h1-6,9-10,15H,7-8,11-13H2,(H,22,25). The fourth-order valence-electron chi connectivity index (χ4n) is 3.10. The van der Waals surface area contributed by atoms with Gasteiger partial charge in [0.1, 0.15) is 0 Å². The number of amides is 1. The van der Waals surface area contributed by atoms with Crippen LogP contribution in [0.1, 0.15) is 24.3 Å². The van der Waals surface area contributed by atoms with E-state index >= 15 is 0 Å². The number of ether oxygens (including phenoxy) is 1. The molecule has 27 heavy (non-hydrogen) atoms. The lowest BCUT2D eigenvalue weighted by Gasteiger charge is -2.21. The number of nitrogens with one attached hydrogen (secondary N) is 1. The zero-order valence-corrected chi connectivity index (χ0v) is 14.8. The van der Waals surface area contributed by atoms with Crippen molar-refractivity contribution in [3.05, 3.63) is 60.2 Å². The van der Waals surface area contributed by atoms with Gasteiger partial charge in [-0.15, -0.1) is 0 Å². The fourth-order valence-corrected chi connectivity index (χ4v) is 3.10. The van der Waals surface area contributed by atoms with Gasteiger partial charge in [0.25, 0.3) is 0 Å². The van der Waals surface area contributed by atoms with Crippen LogP contribution in [0, 0.1) is 5.92 Å². The molecular weight excluding hydrogens is 344 g/mol. The van der Waals surface area contributed by atoms with E-state index in [-0.39, 0.29) is 11.8 Å². The summed E-state index contributed by atoms with van der Waals surface area (Å²) in [6, 6.07) is 11.3. The van der Waals surface area contributed by atoms with Crippen molar-refractivity contribution < 1.29 is 14.1 Å². The summed E-state index contributed by atoms with van der Waals surface area (Å²) in [6.07, 6.45) is 5.33. The fraction of sp³-hybridized carbons (Fsp3) is 0.300. The first-order chi connectivity index (χ1) is 13.3. The first-order valence-corrected chi connectivity index (χ1v) is 8.99. The second-order valence-corrected chi connectivity index (χ2v) is 6.46. The molecule has 1 fully saturated rings. The molecule has 0 spiro atoms. The van der Waals surface area contributed by atoms with Crippen LogP contribution in [-0.4, -0.2) is 34.2 Å². The van der Waals surface area contributed by atoms with E-state index in [0.717, 1.165) is 29.7 Å². The number of hydrogen-bond acceptors (Lipinski definition) is 6. The van der Waals surface area contributed by atoms with E-state index < -0.39 is 0 Å². The third-order valence-electron chi connectivity index (χ3n) is 4.62. The summed E-state index contributed by atoms with van der Waals surface area (Å²) in [5.74, 6) is 1.05. The second-order valence-electron chi connectivity index (χ2n) is 6.46. The highest BCUT2D eigenvalue weighted by atomic mass is 16.5. The average molecular weight is 364 g/mol. The van der Waals surface area contributed by atoms with Crippen LogP contribution in [0.15, 0.2) is 53.3 Å². The van der Waals surface area contributed by atoms with Crippen molar-refractivity contribution in [2.75, 3.05) is 18.5 Å². The van der Waals surface area contributed by atoms with Crippen molar-refractivity contribution >= 4 is 11.6 Å². The number of aromatic nitrogens is 3. The topological polar surface area (TPSA) is 90.1 Å². The quantitative estimate of drug-likeness (QED) is 0.748. The lowest BCUT2D eigenvalue weighted by molar-refractivity contribution is -0.122. The van der Waals surface area contributed by atoms with Gasteiger partial charge in [-0.3, -0.25) is 9.78 Å². The molecule has 3 aromatic rings. The number of pyridine rings is 1. The van der Waals surface area contributed by atoms with Crippen LogP contribution in [0.4, 0.5) is 5.69 Å². The third-order valence-corrected chi connectivity index (χ3v) is 4.62. The maximum Gasteiger partial charge on any atom is 0.231 e. The van der Waals surface area contributed by atoms with Gasteiger partial charge in [-0.1, -0.05) is 23.4 Å². The Morgan fingerprint density at radius 3 is 2.70 bits per heavy atom. The molecule has 1 aliphatic rings. The highest BCUT2D eigenvalue weighted by Crippen LogP contribution is 2.23. The van der Waals surface area contributed by atoms with Crippen molar-refractivity contribution in [1.29, 1.82) is 0 Å². The van der Waals surface area contributed by atoms with Crippen LogP contribution in [0.2, 0.25) is 0 Å². The van der Waals surface area contributed by atoms with Crippen LogP contribution in [-0.2, 0) is 16.0 Å². The van der Waals surface area contributed by atoms with Gasteiger partial charge in [0.05, 0.1) is 6.42 Å². The smallest absolute Gasteiger partial charge is 0.231 e. The van der Waals surface area contributed by atoms with Crippen LogP contribution >= 0.6 is 0 Å². The summed E-state index contributed by atoms with van der Waals surface area (Å²) < 4.78 is 10.7. The largest absolute Gasteiger partial charge is 0.381 e. The van der Waals surface area contributed by atoms with Gasteiger partial charge >= 0.3 is 0 Å². The minimum absolute atomic E-state index is 0.00602. The molecule has 1 amide bonds. The van der Waals surface area contributed by atoms with Gasteiger partial charge in [-0.2, -0.15) is 4.98 Å². The molecule has 4 rings (SSSR count). The monoisotopic (exact) mass is 364 g/mol. The molecule has 0 aliphatic carbocycles. The molecule has 0 atom stereocenters. The summed E-state index contributed by atoms with van der Waals surface area (Å²) in [5, 5.41) is 7.08. The van der Waals surface area contributed by atoms with Gasteiger partial charge < -0.3 is 14.6 Å². The number of benzene rings is 1. The second kappa shape index (κ2) is 8.09. The number of rotatable bonds is 5. The van der Waals surface area contributed by atoms with E-state index in [0.29, 0.717) is 31.3 Å². The first-order valence-electron chi connectivity index (χ1n) is 8.99. The van der Waals surface area contributed by atoms with Gasteiger partial charge in [0, 0.05) is 42.8 Å². The maximum absolute atomic E-state index is 12.5. The Balaban J connectivity index is 1.48. The maximum atomic E-state index is 12.5. The lowest BCUT2D eigenvalue weighted by Crippen LogP contribution is -2.28. The summed E-state index contributed by atoms with van der Waals surface area (Å²) in [6.45, 7) is 1.28. The molecule has 0 unspecified atom stereocenters. The predicted molar refractivity (Wildman–Crippen MR) is 98.9 cm³/mol. The molecule has 1 aliphatic heterocycles. The van der Waals surface area contributed by atoms with E-state index in [1.807, 2.05) is 36.4 Å². The van der Waals surface area contributed by atoms with Gasteiger partial charge in [-0.25, -0.2) is 0 Å². The van der Waals surface area contributed by atoms with Gasteiger partial charge in [0.2, 0.25) is 17.6 Å². The highest BCUT2D eigenvalue weighted by molar-refractivity contribution is 5.93. The summed E-state index contributed by atoms with van der Waals surface area (Å²) in [5.41, 5.74) is 2.56. The molecule has 1 N–H and O–H groups in total. The molecule has 1 aromatic carbocycles. The summed E-state index contributed by atoms with van der Waals surface area (Å²) in [7, 11) is 0. The zero-order valence-electron chi connectivity index (χ0n) is 14.8. The Morgan fingerprint density at radius 1 is 1.11 bits per heavy atom. The number of nitrogens with zero attached hydrogens (tertiary/aromatic N) is 3. The van der Waals surface area contributed by atoms with Crippen LogP contribution < -0.4 is 5.32 Å². The van der Waals surface area contributed by atoms with Crippen LogP contribution in [0.3, 0.4) is 0 Å². The van der Waals surface area contributed by atoms with Gasteiger partial charge in [0.15, 0.2) is 0 Å². The Labute approximate surface area is 156 Å². The van der Waals surface area contributed by atoms with E-state index in [2.05, 4.69) is 20.4 Å². The minimum Gasteiger partial charge on any atom is -0.381 e. The Kier molecular flexibility index (Phi) is 5.20. The normalized spacial score (nSPS) is 14.8. The predicted octanol–water partition coefficient (Wildman–Crippen LogP) is 3.09. The number of carbonyl (C=O) groups excluding carboxylic acids is 1. The first kappa shape index (κ1) is 17.4. The Morgan fingerprint density at radius 2 is 1.89 bits per heavy atom. The molecule has 138 valence electrons. The number of anilines is 1. The third kappa shape index (κ3) is 4.20. The van der Waals surface area contributed by atoms with E-state index in [1.165, 1.54) is 0 Å². The van der Waals surface area contributed by atoms with Crippen LogP contribution in [0.25, 0.3) is 11.4 Å². The zero-order chi connectivity index (χ0) is 18.5. The lowest BCUT2D eigenvalue weighted by atomic mass is 9.99. The summed E-state index contributed by atoms with van der Waals surface area (Å²) in [4.78, 5) is 21.0. The van der Waals surface area contributed by atoms with Crippen LogP contribution in [0.5, 0.6) is 0 Å². The van der Waals surface area contributed by atoms with Crippen molar-refractivity contribution in [3.8, 4) is 11.4 Å². The van der Waals surface area contributed by atoms with E-state index in [9.17, 15) is 4.79 Å². The Hall–Kier alpha value is -3.06. The Bertz CT molecular complexity index is 904. The number of carbonyl (C=O) groups is 1. The molecule has 0 radical (unpaired) electrons. The minimum atomic E-state index is -0.00602. The number of para-hydroxylation sites is 1. The van der Waals surface area contributed by atoms with Crippen molar-refractivity contribution in [2.24, 2.45) is 5.92 Å². The highest BCUT2D eigenvalue weighted by Gasteiger charge is 2.22. The SMILES string of the molecule is O=C(Nc1ccccc1Cc1nc(-c2ccncc2)no1)C1CCOCC1. The van der Waals surface area contributed by atoms with E-state index in [1.54, 1.807) is 12.4 Å². The molecule has 0 bridgehead atoms. The molecule has 3 heterocycles. The molecule has 7 heteroatoms. The molecular formula is C20H20N4O3. The molecule has 2 aromatic heterocycles. The van der Waals surface area contributed by atoms with E-state index in [4.69, 9.17) is 9.26 Å². The molecule has 0 saturated carbocycles. The van der Waals surface area contributed by atoms with Gasteiger partial charge in [-0.05, 0) is 36.6 Å². The molecule has 1 saturated heterocycles. The number of hydrogen-bond donors (Lipinski definition) is 1. The summed E-state index contributed by atoms with van der Waals surface area (Å²) >= 11 is 0. The van der Waals surface area contributed by atoms with Crippen molar-refractivity contribution in [2.45, 2.75) is 19.3 Å². The molecule has 7 nitrogen and oxygen atoms in total. The van der Waals surface area contributed by atoms with Crippen molar-refractivity contribution in [3.63, 3.8) is 0 Å². The average Bonchev–Trinajstić information content (AvgIpc) is 3.19.